The highest BCUT2D eigenvalue weighted by atomic mass is 32.1. The number of fused-ring (bicyclic) bond motifs is 1. The molecule has 1 aromatic carbocycles. The zero-order valence-corrected chi connectivity index (χ0v) is 16.7. The lowest BCUT2D eigenvalue weighted by Crippen LogP contribution is -2.44. The maximum atomic E-state index is 13.4. The van der Waals surface area contributed by atoms with Crippen LogP contribution in [0.1, 0.15) is 49.5 Å². The second-order valence-electron chi connectivity index (χ2n) is 7.90. The van der Waals surface area contributed by atoms with Crippen LogP contribution in [-0.2, 0) is 9.59 Å². The SMILES string of the molecule is O=C(O)CCC1CCCN(C(=O)C2CC=CCC2c2nc3ccccc3s2)C1. The van der Waals surface area contributed by atoms with Crippen molar-refractivity contribution in [3.63, 3.8) is 0 Å². The fourth-order valence-electron chi connectivity index (χ4n) is 4.47. The van der Waals surface area contributed by atoms with Gasteiger partial charge in [0.25, 0.3) is 0 Å². The zero-order chi connectivity index (χ0) is 19.5. The molecule has 1 aromatic heterocycles. The van der Waals surface area contributed by atoms with E-state index in [-0.39, 0.29) is 24.2 Å². The van der Waals surface area contributed by atoms with Crippen molar-refractivity contribution in [3.05, 3.63) is 41.4 Å². The van der Waals surface area contributed by atoms with Crippen LogP contribution in [0.4, 0.5) is 0 Å². The molecule has 1 fully saturated rings. The van der Waals surface area contributed by atoms with E-state index >= 15 is 0 Å². The number of benzene rings is 1. The van der Waals surface area contributed by atoms with Crippen LogP contribution >= 0.6 is 11.3 Å². The third-order valence-corrected chi connectivity index (χ3v) is 7.14. The highest BCUT2D eigenvalue weighted by Gasteiger charge is 2.36. The summed E-state index contributed by atoms with van der Waals surface area (Å²) in [6, 6.07) is 8.14. The molecule has 2 aliphatic rings. The van der Waals surface area contributed by atoms with Gasteiger partial charge in [0.1, 0.15) is 0 Å². The van der Waals surface area contributed by atoms with Gasteiger partial charge in [-0.05, 0) is 50.2 Å². The Kier molecular flexibility index (Phi) is 5.76. The number of piperidine rings is 1. The predicted molar refractivity (Wildman–Crippen MR) is 110 cm³/mol. The zero-order valence-electron chi connectivity index (χ0n) is 15.9. The van der Waals surface area contributed by atoms with Crippen LogP contribution in [0.3, 0.4) is 0 Å². The number of carboxylic acid groups (broad SMARTS) is 1. The summed E-state index contributed by atoms with van der Waals surface area (Å²) >= 11 is 1.70. The van der Waals surface area contributed by atoms with Crippen molar-refractivity contribution in [1.82, 2.24) is 9.88 Å². The van der Waals surface area contributed by atoms with E-state index < -0.39 is 5.97 Å². The third-order valence-electron chi connectivity index (χ3n) is 5.97. The Morgan fingerprint density at radius 1 is 1.21 bits per heavy atom. The summed E-state index contributed by atoms with van der Waals surface area (Å²) < 4.78 is 1.17. The molecule has 0 radical (unpaired) electrons. The fourth-order valence-corrected chi connectivity index (χ4v) is 5.62. The van der Waals surface area contributed by atoms with Crippen LogP contribution < -0.4 is 0 Å². The maximum Gasteiger partial charge on any atom is 0.303 e. The summed E-state index contributed by atoms with van der Waals surface area (Å²) in [4.78, 5) is 31.1. The van der Waals surface area contributed by atoms with Gasteiger partial charge in [0.05, 0.1) is 21.1 Å². The Balaban J connectivity index is 1.50. The number of carbonyl (C=O) groups excluding carboxylic acids is 1. The predicted octanol–water partition coefficient (Wildman–Crippen LogP) is 4.45. The van der Waals surface area contributed by atoms with Crippen molar-refractivity contribution in [2.75, 3.05) is 13.1 Å². The number of aromatic nitrogens is 1. The molecule has 28 heavy (non-hydrogen) atoms. The molecule has 0 spiro atoms. The number of aliphatic carboxylic acids is 1. The van der Waals surface area contributed by atoms with E-state index in [4.69, 9.17) is 10.1 Å². The first-order chi connectivity index (χ1) is 13.6. The largest absolute Gasteiger partial charge is 0.481 e. The van der Waals surface area contributed by atoms with E-state index in [9.17, 15) is 9.59 Å². The Morgan fingerprint density at radius 3 is 2.86 bits per heavy atom. The van der Waals surface area contributed by atoms with Gasteiger partial charge in [0, 0.05) is 25.4 Å². The first-order valence-corrected chi connectivity index (χ1v) is 10.9. The van der Waals surface area contributed by atoms with Crippen molar-refractivity contribution in [1.29, 1.82) is 0 Å². The first-order valence-electron chi connectivity index (χ1n) is 10.1. The van der Waals surface area contributed by atoms with Gasteiger partial charge in [-0.2, -0.15) is 0 Å². The molecule has 1 saturated heterocycles. The Bertz CT molecular complexity index is 858. The van der Waals surface area contributed by atoms with Gasteiger partial charge in [0.2, 0.25) is 5.91 Å². The van der Waals surface area contributed by atoms with Crippen molar-refractivity contribution in [2.24, 2.45) is 11.8 Å². The number of likely N-dealkylation sites (tertiary alicyclic amines) is 1. The number of amides is 1. The summed E-state index contributed by atoms with van der Waals surface area (Å²) in [6.45, 7) is 1.48. The standard InChI is InChI=1S/C22H26N2O3S/c25-20(26)12-11-15-6-5-13-24(14-15)22(27)17-8-2-1-7-16(17)21-23-18-9-3-4-10-19(18)28-21/h1-4,9-10,15-17H,5-8,11-14H2,(H,25,26). The average molecular weight is 399 g/mol. The van der Waals surface area contributed by atoms with E-state index in [1.807, 2.05) is 23.1 Å². The summed E-state index contributed by atoms with van der Waals surface area (Å²) in [7, 11) is 0. The van der Waals surface area contributed by atoms with Gasteiger partial charge in [-0.1, -0.05) is 24.3 Å². The van der Waals surface area contributed by atoms with Crippen LogP contribution in [0.25, 0.3) is 10.2 Å². The van der Waals surface area contributed by atoms with E-state index in [2.05, 4.69) is 18.2 Å². The molecule has 1 aliphatic carbocycles. The molecule has 1 N–H and O–H groups in total. The van der Waals surface area contributed by atoms with Gasteiger partial charge in [-0.25, -0.2) is 4.98 Å². The van der Waals surface area contributed by atoms with Crippen molar-refractivity contribution >= 4 is 33.4 Å². The van der Waals surface area contributed by atoms with Crippen LogP contribution in [0.2, 0.25) is 0 Å². The highest BCUT2D eigenvalue weighted by Crippen LogP contribution is 2.39. The molecular formula is C22H26N2O3S. The van der Waals surface area contributed by atoms with Crippen molar-refractivity contribution < 1.29 is 14.7 Å². The summed E-state index contributed by atoms with van der Waals surface area (Å²) in [6.07, 6.45) is 8.73. The molecule has 6 heteroatoms. The molecule has 4 rings (SSSR count). The van der Waals surface area contributed by atoms with Gasteiger partial charge in [-0.3, -0.25) is 9.59 Å². The Hall–Kier alpha value is -2.21. The van der Waals surface area contributed by atoms with Crippen molar-refractivity contribution in [3.8, 4) is 0 Å². The second kappa shape index (κ2) is 8.43. The summed E-state index contributed by atoms with van der Waals surface area (Å²) in [5.74, 6) is -0.169. The van der Waals surface area contributed by atoms with E-state index in [0.29, 0.717) is 18.9 Å². The van der Waals surface area contributed by atoms with Gasteiger partial charge in [0.15, 0.2) is 0 Å². The molecule has 148 valence electrons. The monoisotopic (exact) mass is 398 g/mol. The minimum absolute atomic E-state index is 0.0659. The summed E-state index contributed by atoms with van der Waals surface area (Å²) in [5, 5.41) is 10.0. The topological polar surface area (TPSA) is 70.5 Å². The number of hydrogen-bond donors (Lipinski definition) is 1. The Morgan fingerprint density at radius 2 is 2.04 bits per heavy atom. The average Bonchev–Trinajstić information content (AvgIpc) is 3.16. The van der Waals surface area contributed by atoms with Crippen LogP contribution in [0.15, 0.2) is 36.4 Å². The maximum absolute atomic E-state index is 13.4. The fraction of sp³-hybridized carbons (Fsp3) is 0.500. The van der Waals surface area contributed by atoms with Gasteiger partial charge in [-0.15, -0.1) is 11.3 Å². The number of allylic oxidation sites excluding steroid dienone is 2. The quantitative estimate of drug-likeness (QED) is 0.756. The molecule has 0 bridgehead atoms. The number of hydrogen-bond acceptors (Lipinski definition) is 4. The lowest BCUT2D eigenvalue weighted by atomic mass is 9.81. The second-order valence-corrected chi connectivity index (χ2v) is 8.96. The number of carboxylic acids is 1. The molecule has 3 atom stereocenters. The minimum Gasteiger partial charge on any atom is -0.481 e. The molecule has 1 amide bonds. The van der Waals surface area contributed by atoms with Crippen LogP contribution in [0.5, 0.6) is 0 Å². The number of para-hydroxylation sites is 1. The molecule has 2 heterocycles. The number of thiazole rings is 1. The number of carbonyl (C=O) groups is 2. The van der Waals surface area contributed by atoms with E-state index in [0.717, 1.165) is 42.8 Å². The number of rotatable bonds is 5. The molecule has 5 nitrogen and oxygen atoms in total. The Labute approximate surface area is 169 Å². The molecule has 1 aliphatic heterocycles. The van der Waals surface area contributed by atoms with Gasteiger partial charge >= 0.3 is 5.97 Å². The van der Waals surface area contributed by atoms with Crippen molar-refractivity contribution in [2.45, 2.75) is 44.4 Å². The van der Waals surface area contributed by atoms with Crippen LogP contribution in [-0.4, -0.2) is 40.0 Å². The highest BCUT2D eigenvalue weighted by molar-refractivity contribution is 7.18. The minimum atomic E-state index is -0.753. The molecule has 2 aromatic rings. The normalized spacial score (nSPS) is 25.1. The molecule has 3 unspecified atom stereocenters. The third kappa shape index (κ3) is 4.12. The van der Waals surface area contributed by atoms with E-state index in [1.165, 1.54) is 4.70 Å². The lowest BCUT2D eigenvalue weighted by molar-refractivity contribution is -0.138. The van der Waals surface area contributed by atoms with E-state index in [1.54, 1.807) is 11.3 Å². The molecular weight excluding hydrogens is 372 g/mol. The van der Waals surface area contributed by atoms with Crippen LogP contribution in [0, 0.1) is 11.8 Å². The molecule has 0 saturated carbocycles. The number of nitrogens with zero attached hydrogens (tertiary/aromatic N) is 2. The lowest BCUT2D eigenvalue weighted by Gasteiger charge is -2.37. The summed E-state index contributed by atoms with van der Waals surface area (Å²) in [5.41, 5.74) is 1.01. The first kappa shape index (κ1) is 19.1. The smallest absolute Gasteiger partial charge is 0.303 e. The van der Waals surface area contributed by atoms with Gasteiger partial charge < -0.3 is 10.0 Å².